The minimum atomic E-state index is -4.63. The summed E-state index contributed by atoms with van der Waals surface area (Å²) in [5, 5.41) is 16.9. The number of methoxy groups -OCH3 is 3. The van der Waals surface area contributed by atoms with Gasteiger partial charge < -0.3 is 40.6 Å². The fourth-order valence-corrected chi connectivity index (χ4v) is 7.27. The van der Waals surface area contributed by atoms with Gasteiger partial charge in [0, 0.05) is 54.2 Å². The lowest BCUT2D eigenvalue weighted by Crippen LogP contribution is -2.37. The smallest absolute Gasteiger partial charge is 0.418 e. The Bertz CT molecular complexity index is 1690. The van der Waals surface area contributed by atoms with Crippen molar-refractivity contribution in [1.82, 2.24) is 4.90 Å². The summed E-state index contributed by atoms with van der Waals surface area (Å²) in [6.07, 6.45) is -1.97. The third kappa shape index (κ3) is 5.86. The number of ether oxygens (including phenoxy) is 3. The van der Waals surface area contributed by atoms with E-state index < -0.39 is 17.8 Å². The summed E-state index contributed by atoms with van der Waals surface area (Å²) < 4.78 is 59.8. The molecule has 5 N–H and O–H groups in total. The van der Waals surface area contributed by atoms with Crippen LogP contribution in [0.2, 0.25) is 0 Å². The minimum absolute atomic E-state index is 0.0107. The van der Waals surface area contributed by atoms with E-state index in [1.54, 1.807) is 12.0 Å². The number of likely N-dealkylation sites (N-methyl/N-ethyl adjacent to an activating group) is 1. The van der Waals surface area contributed by atoms with Crippen molar-refractivity contribution in [3.05, 3.63) is 52.6 Å². The fourth-order valence-electron chi connectivity index (χ4n) is 7.27. The number of nitrogens with zero attached hydrogens (tertiary/aromatic N) is 2. The first-order chi connectivity index (χ1) is 22.5. The molecule has 3 aromatic rings. The molecule has 2 amide bonds. The van der Waals surface area contributed by atoms with E-state index in [-0.39, 0.29) is 28.9 Å². The molecule has 0 unspecified atom stereocenters. The second-order valence-corrected chi connectivity index (χ2v) is 12.3. The van der Waals surface area contributed by atoms with Gasteiger partial charge in [-0.2, -0.15) is 13.2 Å². The molecule has 0 spiro atoms. The molecule has 1 fully saturated rings. The number of aromatic hydroxyl groups is 1. The molecular formula is C34H40F3N5O5. The number of fused-ring (bicyclic) bond motifs is 2. The third-order valence-corrected chi connectivity index (χ3v) is 9.73. The van der Waals surface area contributed by atoms with E-state index in [2.05, 4.69) is 15.5 Å². The van der Waals surface area contributed by atoms with Crippen LogP contribution in [0.25, 0.3) is 11.1 Å². The van der Waals surface area contributed by atoms with E-state index in [1.807, 2.05) is 13.1 Å². The lowest BCUT2D eigenvalue weighted by Gasteiger charge is -2.41. The molecule has 0 radical (unpaired) electrons. The van der Waals surface area contributed by atoms with Gasteiger partial charge in [0.2, 0.25) is 0 Å². The second kappa shape index (κ2) is 12.7. The van der Waals surface area contributed by atoms with Gasteiger partial charge in [-0.05, 0) is 86.1 Å². The molecule has 0 aromatic heterocycles. The number of benzene rings is 3. The SMILES string of the molecule is COc1cc(NC(=O)Nc2ccc(N3CCC(CN)CC3)c(C(F)(F)F)c2)c2c(c1O)-c1c(OC)c(OC)cc3c1[C@H](C2)N(C)CC3. The largest absolute Gasteiger partial charge is 0.504 e. The van der Waals surface area contributed by atoms with E-state index in [0.717, 1.165) is 43.0 Å². The highest BCUT2D eigenvalue weighted by Crippen LogP contribution is 2.57. The number of hydrogen-bond acceptors (Lipinski definition) is 8. The average Bonchev–Trinajstić information content (AvgIpc) is 3.06. The van der Waals surface area contributed by atoms with E-state index in [1.165, 1.54) is 32.4 Å². The summed E-state index contributed by atoms with van der Waals surface area (Å²) in [7, 11) is 6.51. The molecule has 252 valence electrons. The van der Waals surface area contributed by atoms with E-state index >= 15 is 0 Å². The molecule has 3 aliphatic rings. The normalized spacial score (nSPS) is 17.9. The lowest BCUT2D eigenvalue weighted by atomic mass is 9.75. The molecule has 1 atom stereocenters. The number of hydrogen-bond donors (Lipinski definition) is 4. The third-order valence-electron chi connectivity index (χ3n) is 9.73. The molecule has 10 nitrogen and oxygen atoms in total. The van der Waals surface area contributed by atoms with Crippen LogP contribution in [0.3, 0.4) is 0 Å². The Hall–Kier alpha value is -4.36. The summed E-state index contributed by atoms with van der Waals surface area (Å²) in [4.78, 5) is 17.4. The van der Waals surface area contributed by atoms with Gasteiger partial charge in [0.25, 0.3) is 0 Å². The Balaban J connectivity index is 1.36. The Morgan fingerprint density at radius 2 is 1.72 bits per heavy atom. The quantitative estimate of drug-likeness (QED) is 0.229. The number of phenolic OH excluding ortho intramolecular Hbond substituents is 1. The number of carbonyl (C=O) groups excluding carboxylic acids is 1. The van der Waals surface area contributed by atoms with Crippen LogP contribution >= 0.6 is 0 Å². The Morgan fingerprint density at radius 3 is 2.36 bits per heavy atom. The van der Waals surface area contributed by atoms with Crippen LogP contribution in [0.4, 0.5) is 35.0 Å². The maximum atomic E-state index is 14.3. The van der Waals surface area contributed by atoms with Crippen molar-refractivity contribution in [2.75, 3.05) is 70.1 Å². The van der Waals surface area contributed by atoms with E-state index in [9.17, 15) is 23.1 Å². The lowest BCUT2D eigenvalue weighted by molar-refractivity contribution is -0.137. The number of urea groups is 1. The molecule has 0 saturated carbocycles. The fraction of sp³-hybridized carbons (Fsp3) is 0.441. The number of carbonyl (C=O) groups is 1. The zero-order valence-corrected chi connectivity index (χ0v) is 26.9. The van der Waals surface area contributed by atoms with Crippen LogP contribution < -0.4 is 35.5 Å². The highest BCUT2D eigenvalue weighted by atomic mass is 19.4. The number of nitrogens with two attached hydrogens (primary N) is 1. The van der Waals surface area contributed by atoms with Gasteiger partial charge in [0.1, 0.15) is 0 Å². The minimum Gasteiger partial charge on any atom is -0.504 e. The summed E-state index contributed by atoms with van der Waals surface area (Å²) >= 11 is 0. The summed E-state index contributed by atoms with van der Waals surface area (Å²) in [5.41, 5.74) is 9.18. The Kier molecular flexibility index (Phi) is 8.79. The highest BCUT2D eigenvalue weighted by molar-refractivity contribution is 6.03. The molecule has 6 rings (SSSR count). The topological polar surface area (TPSA) is 122 Å². The first kappa shape index (κ1) is 32.6. The monoisotopic (exact) mass is 655 g/mol. The second-order valence-electron chi connectivity index (χ2n) is 12.3. The predicted molar refractivity (Wildman–Crippen MR) is 174 cm³/mol. The first-order valence-electron chi connectivity index (χ1n) is 15.6. The zero-order valence-electron chi connectivity index (χ0n) is 26.9. The molecule has 13 heteroatoms. The number of nitrogens with one attached hydrogen (secondary N) is 2. The summed E-state index contributed by atoms with van der Waals surface area (Å²) in [6, 6.07) is 6.49. The van der Waals surface area contributed by atoms with Crippen LogP contribution in [0.15, 0.2) is 30.3 Å². The Labute approximate surface area is 271 Å². The van der Waals surface area contributed by atoms with Gasteiger partial charge >= 0.3 is 12.2 Å². The van der Waals surface area contributed by atoms with Crippen molar-refractivity contribution in [2.24, 2.45) is 11.7 Å². The van der Waals surface area contributed by atoms with Crippen molar-refractivity contribution < 1.29 is 37.3 Å². The standard InChI is InChI=1S/C34H40F3N5O5/c1-41-10-9-19-13-27(46-3)32(47-4)30-28(19)25(41)15-21-23(16-26(45-2)31(43)29(21)30)40-33(44)39-20-5-6-24(22(14-20)34(35,36)37)42-11-7-18(17-38)8-12-42/h5-6,13-14,16,18,25,43H,7-12,15,17,38H2,1-4H3,(H2,39,40,44)/t25-/m0/s1. The van der Waals surface area contributed by atoms with Crippen molar-refractivity contribution >= 4 is 23.1 Å². The molecule has 2 heterocycles. The molecule has 47 heavy (non-hydrogen) atoms. The van der Waals surface area contributed by atoms with Crippen LogP contribution in [-0.2, 0) is 19.0 Å². The predicted octanol–water partition coefficient (Wildman–Crippen LogP) is 6.01. The molecular weight excluding hydrogens is 615 g/mol. The average molecular weight is 656 g/mol. The Morgan fingerprint density at radius 1 is 1.00 bits per heavy atom. The van der Waals surface area contributed by atoms with Gasteiger partial charge in [-0.1, -0.05) is 0 Å². The maximum Gasteiger partial charge on any atom is 0.418 e. The number of amides is 2. The molecule has 1 aliphatic carbocycles. The van der Waals surface area contributed by atoms with Gasteiger partial charge in [-0.25, -0.2) is 4.79 Å². The number of phenols is 1. The van der Waals surface area contributed by atoms with Gasteiger partial charge in [0.15, 0.2) is 23.0 Å². The summed E-state index contributed by atoms with van der Waals surface area (Å²) in [5.74, 6) is 1.25. The maximum absolute atomic E-state index is 14.3. The molecule has 1 saturated heterocycles. The molecule has 3 aromatic carbocycles. The van der Waals surface area contributed by atoms with Crippen LogP contribution in [0.1, 0.15) is 41.1 Å². The first-order valence-corrected chi connectivity index (χ1v) is 15.6. The van der Waals surface area contributed by atoms with Gasteiger partial charge in [-0.3, -0.25) is 4.90 Å². The van der Waals surface area contributed by atoms with Crippen LogP contribution in [0, 0.1) is 5.92 Å². The number of halogens is 3. The molecule has 0 bridgehead atoms. The van der Waals surface area contributed by atoms with Gasteiger partial charge in [0.05, 0.1) is 32.6 Å². The van der Waals surface area contributed by atoms with Crippen LogP contribution in [-0.4, -0.2) is 70.6 Å². The highest BCUT2D eigenvalue weighted by Gasteiger charge is 2.40. The summed E-state index contributed by atoms with van der Waals surface area (Å²) in [6.45, 7) is 2.25. The number of rotatable bonds is 7. The van der Waals surface area contributed by atoms with Crippen molar-refractivity contribution in [3.8, 4) is 34.1 Å². The number of anilines is 3. The van der Waals surface area contributed by atoms with Gasteiger partial charge in [-0.15, -0.1) is 0 Å². The molecule has 2 aliphatic heterocycles. The van der Waals surface area contributed by atoms with Crippen LogP contribution in [0.5, 0.6) is 23.0 Å². The number of alkyl halides is 3. The number of piperidine rings is 1. The van der Waals surface area contributed by atoms with Crippen molar-refractivity contribution in [3.63, 3.8) is 0 Å². The van der Waals surface area contributed by atoms with E-state index in [0.29, 0.717) is 65.8 Å². The van der Waals surface area contributed by atoms with Crippen molar-refractivity contribution in [2.45, 2.75) is 37.9 Å². The van der Waals surface area contributed by atoms with Crippen molar-refractivity contribution in [1.29, 1.82) is 0 Å². The van der Waals surface area contributed by atoms with E-state index in [4.69, 9.17) is 19.9 Å². The zero-order chi connectivity index (χ0) is 33.6.